The van der Waals surface area contributed by atoms with Crippen LogP contribution in [0, 0.1) is 12.7 Å². The number of aliphatic carboxylic acids is 1. The SMILES string of the molecule is Cc1ccc(C2(C(=O)O)CCNCC2)c(F)c1. The molecule has 4 heteroatoms. The molecule has 0 radical (unpaired) electrons. The second-order valence-corrected chi connectivity index (χ2v) is 4.62. The maximum absolute atomic E-state index is 14.0. The lowest BCUT2D eigenvalue weighted by atomic mass is 9.73. The van der Waals surface area contributed by atoms with Crippen molar-refractivity contribution in [2.24, 2.45) is 0 Å². The Morgan fingerprint density at radius 3 is 2.59 bits per heavy atom. The van der Waals surface area contributed by atoms with Gasteiger partial charge in [0, 0.05) is 5.56 Å². The van der Waals surface area contributed by atoms with Gasteiger partial charge in [-0.15, -0.1) is 0 Å². The summed E-state index contributed by atoms with van der Waals surface area (Å²) < 4.78 is 14.0. The highest BCUT2D eigenvalue weighted by Crippen LogP contribution is 2.35. The molecular formula is C13H16FNO2. The first-order chi connectivity index (χ1) is 8.06. The fourth-order valence-corrected chi connectivity index (χ4v) is 2.46. The molecule has 1 saturated heterocycles. The molecule has 92 valence electrons. The molecule has 0 atom stereocenters. The van der Waals surface area contributed by atoms with E-state index < -0.39 is 17.2 Å². The van der Waals surface area contributed by atoms with Gasteiger partial charge in [0.1, 0.15) is 5.82 Å². The van der Waals surface area contributed by atoms with Gasteiger partial charge in [0.05, 0.1) is 5.41 Å². The summed E-state index contributed by atoms with van der Waals surface area (Å²) in [6, 6.07) is 4.79. The number of piperidine rings is 1. The Balaban J connectivity index is 2.49. The summed E-state index contributed by atoms with van der Waals surface area (Å²) >= 11 is 0. The van der Waals surface area contributed by atoms with Gasteiger partial charge in [-0.1, -0.05) is 12.1 Å². The molecular weight excluding hydrogens is 221 g/mol. The maximum Gasteiger partial charge on any atom is 0.314 e. The number of benzene rings is 1. The average Bonchev–Trinajstić information content (AvgIpc) is 2.29. The van der Waals surface area contributed by atoms with Crippen molar-refractivity contribution in [1.82, 2.24) is 5.32 Å². The second-order valence-electron chi connectivity index (χ2n) is 4.62. The van der Waals surface area contributed by atoms with Crippen LogP contribution in [0.4, 0.5) is 4.39 Å². The van der Waals surface area contributed by atoms with Crippen molar-refractivity contribution in [1.29, 1.82) is 0 Å². The number of carboxylic acid groups (broad SMARTS) is 1. The Labute approximate surface area is 99.7 Å². The average molecular weight is 237 g/mol. The zero-order valence-corrected chi connectivity index (χ0v) is 9.79. The van der Waals surface area contributed by atoms with Crippen molar-refractivity contribution in [3.05, 3.63) is 35.1 Å². The van der Waals surface area contributed by atoms with Crippen molar-refractivity contribution in [2.75, 3.05) is 13.1 Å². The van der Waals surface area contributed by atoms with Gasteiger partial charge in [-0.05, 0) is 44.5 Å². The van der Waals surface area contributed by atoms with Gasteiger partial charge in [0.25, 0.3) is 0 Å². The highest BCUT2D eigenvalue weighted by Gasteiger charge is 2.43. The fourth-order valence-electron chi connectivity index (χ4n) is 2.46. The van der Waals surface area contributed by atoms with E-state index in [0.29, 0.717) is 31.5 Å². The van der Waals surface area contributed by atoms with Gasteiger partial charge in [-0.25, -0.2) is 4.39 Å². The summed E-state index contributed by atoms with van der Waals surface area (Å²) in [6.07, 6.45) is 0.866. The Morgan fingerprint density at radius 1 is 1.41 bits per heavy atom. The summed E-state index contributed by atoms with van der Waals surface area (Å²) in [5.41, 5.74) is 0.0565. The minimum absolute atomic E-state index is 0.317. The minimum Gasteiger partial charge on any atom is -0.481 e. The van der Waals surface area contributed by atoms with Crippen molar-refractivity contribution >= 4 is 5.97 Å². The first-order valence-electron chi connectivity index (χ1n) is 5.77. The summed E-state index contributed by atoms with van der Waals surface area (Å²) in [6.45, 7) is 3.02. The van der Waals surface area contributed by atoms with Crippen molar-refractivity contribution < 1.29 is 14.3 Å². The Kier molecular flexibility index (Phi) is 3.15. The van der Waals surface area contributed by atoms with Crippen LogP contribution in [0.1, 0.15) is 24.0 Å². The van der Waals surface area contributed by atoms with E-state index in [9.17, 15) is 14.3 Å². The van der Waals surface area contributed by atoms with Crippen LogP contribution in [0.2, 0.25) is 0 Å². The van der Waals surface area contributed by atoms with Crippen LogP contribution in [-0.4, -0.2) is 24.2 Å². The zero-order chi connectivity index (χ0) is 12.5. The first-order valence-corrected chi connectivity index (χ1v) is 5.77. The van der Waals surface area contributed by atoms with Crippen LogP contribution in [0.25, 0.3) is 0 Å². The van der Waals surface area contributed by atoms with E-state index in [4.69, 9.17) is 0 Å². The van der Waals surface area contributed by atoms with Crippen LogP contribution >= 0.6 is 0 Å². The Bertz CT molecular complexity index is 439. The number of hydrogen-bond acceptors (Lipinski definition) is 2. The van der Waals surface area contributed by atoms with Crippen LogP contribution < -0.4 is 5.32 Å². The summed E-state index contributed by atoms with van der Waals surface area (Å²) in [7, 11) is 0. The van der Waals surface area contributed by atoms with Crippen molar-refractivity contribution in [3.8, 4) is 0 Å². The molecule has 0 saturated carbocycles. The van der Waals surface area contributed by atoms with E-state index in [1.54, 1.807) is 19.1 Å². The molecule has 0 amide bonds. The molecule has 0 unspecified atom stereocenters. The topological polar surface area (TPSA) is 49.3 Å². The van der Waals surface area contributed by atoms with Gasteiger partial charge < -0.3 is 10.4 Å². The lowest BCUT2D eigenvalue weighted by Gasteiger charge is -2.34. The van der Waals surface area contributed by atoms with E-state index in [-0.39, 0.29) is 0 Å². The minimum atomic E-state index is -1.07. The number of carbonyl (C=O) groups is 1. The van der Waals surface area contributed by atoms with Crippen LogP contribution in [0.3, 0.4) is 0 Å². The number of aryl methyl sites for hydroxylation is 1. The second kappa shape index (κ2) is 4.45. The summed E-state index contributed by atoms with van der Waals surface area (Å²) in [5.74, 6) is -1.34. The van der Waals surface area contributed by atoms with E-state index >= 15 is 0 Å². The smallest absolute Gasteiger partial charge is 0.314 e. The van der Waals surface area contributed by atoms with Crippen LogP contribution in [0.5, 0.6) is 0 Å². The van der Waals surface area contributed by atoms with Gasteiger partial charge in [0.15, 0.2) is 0 Å². The monoisotopic (exact) mass is 237 g/mol. The quantitative estimate of drug-likeness (QED) is 0.825. The normalized spacial score (nSPS) is 18.9. The third-order valence-electron chi connectivity index (χ3n) is 3.51. The van der Waals surface area contributed by atoms with Gasteiger partial charge in [-0.3, -0.25) is 4.79 Å². The molecule has 1 aliphatic rings. The first kappa shape index (κ1) is 12.0. The Morgan fingerprint density at radius 2 is 2.06 bits per heavy atom. The van der Waals surface area contributed by atoms with E-state index in [2.05, 4.69) is 5.32 Å². The molecule has 1 aliphatic heterocycles. The number of nitrogens with one attached hydrogen (secondary N) is 1. The fraction of sp³-hybridized carbons (Fsp3) is 0.462. The van der Waals surface area contributed by atoms with Crippen LogP contribution in [-0.2, 0) is 10.2 Å². The molecule has 0 bridgehead atoms. The molecule has 2 N–H and O–H groups in total. The number of hydrogen-bond donors (Lipinski definition) is 2. The van der Waals surface area contributed by atoms with Crippen molar-refractivity contribution in [2.45, 2.75) is 25.2 Å². The molecule has 3 nitrogen and oxygen atoms in total. The molecule has 1 aromatic rings. The predicted octanol–water partition coefficient (Wildman–Crippen LogP) is 1.84. The van der Waals surface area contributed by atoms with E-state index in [1.165, 1.54) is 6.07 Å². The van der Waals surface area contributed by atoms with Gasteiger partial charge in [-0.2, -0.15) is 0 Å². The molecule has 1 heterocycles. The number of halogens is 1. The molecule has 1 aromatic carbocycles. The van der Waals surface area contributed by atoms with Crippen molar-refractivity contribution in [3.63, 3.8) is 0 Å². The predicted molar refractivity (Wildman–Crippen MR) is 62.6 cm³/mol. The van der Waals surface area contributed by atoms with E-state index in [0.717, 1.165) is 5.56 Å². The molecule has 1 fully saturated rings. The molecule has 17 heavy (non-hydrogen) atoms. The number of carboxylic acids is 1. The maximum atomic E-state index is 14.0. The molecule has 2 rings (SSSR count). The molecule has 0 aliphatic carbocycles. The standard InChI is InChI=1S/C13H16FNO2/c1-9-2-3-10(11(14)8-9)13(12(16)17)4-6-15-7-5-13/h2-3,8,15H,4-7H2,1H3,(H,16,17). The van der Waals surface area contributed by atoms with Gasteiger partial charge >= 0.3 is 5.97 Å². The highest BCUT2D eigenvalue weighted by atomic mass is 19.1. The summed E-state index contributed by atoms with van der Waals surface area (Å²) in [5, 5.41) is 12.6. The highest BCUT2D eigenvalue weighted by molar-refractivity contribution is 5.81. The van der Waals surface area contributed by atoms with Gasteiger partial charge in [0.2, 0.25) is 0 Å². The third-order valence-corrected chi connectivity index (χ3v) is 3.51. The number of rotatable bonds is 2. The Hall–Kier alpha value is -1.42. The third kappa shape index (κ3) is 2.05. The molecule has 0 aromatic heterocycles. The van der Waals surface area contributed by atoms with E-state index in [1.807, 2.05) is 0 Å². The van der Waals surface area contributed by atoms with Crippen LogP contribution in [0.15, 0.2) is 18.2 Å². The lowest BCUT2D eigenvalue weighted by Crippen LogP contribution is -2.46. The zero-order valence-electron chi connectivity index (χ0n) is 9.79. The molecule has 0 spiro atoms. The summed E-state index contributed by atoms with van der Waals surface area (Å²) in [4.78, 5) is 11.5. The lowest BCUT2D eigenvalue weighted by molar-refractivity contribution is -0.145. The largest absolute Gasteiger partial charge is 0.481 e.